The number of nitrogens with zero attached hydrogens (tertiary/aromatic N) is 1. The minimum absolute atomic E-state index is 0.176. The number of thioether (sulfide) groups is 1. The Labute approximate surface area is 219 Å². The van der Waals surface area contributed by atoms with Crippen molar-refractivity contribution >= 4 is 23.4 Å². The molecule has 0 amide bonds. The molecule has 3 aromatic rings. The molecule has 0 radical (unpaired) electrons. The van der Waals surface area contributed by atoms with Gasteiger partial charge in [0.25, 0.3) is 0 Å². The lowest BCUT2D eigenvalue weighted by molar-refractivity contribution is -0.137. The molecule has 0 aliphatic carbocycles. The van der Waals surface area contributed by atoms with Gasteiger partial charge >= 0.3 is 11.9 Å². The molecule has 2 heterocycles. The highest BCUT2D eigenvalue weighted by Gasteiger charge is 2.31. The van der Waals surface area contributed by atoms with Crippen LogP contribution in [0.1, 0.15) is 23.4 Å². The molecule has 0 saturated carbocycles. The van der Waals surface area contributed by atoms with E-state index in [1.807, 2.05) is 6.92 Å². The fraction of sp³-hybridized carbons (Fsp3) is 0.333. The third-order valence-electron chi connectivity index (χ3n) is 5.27. The molecule has 37 heavy (non-hydrogen) atoms. The maximum absolute atomic E-state index is 13.0. The van der Waals surface area contributed by atoms with Crippen molar-refractivity contribution in [3.63, 3.8) is 0 Å². The molecular weight excluding hydrogens is 535 g/mol. The summed E-state index contributed by atoms with van der Waals surface area (Å²) in [6.07, 6.45) is -4.40. The second-order valence-corrected chi connectivity index (χ2v) is 9.39. The Bertz CT molecular complexity index is 1290. The number of nitrogens with one attached hydrogen (secondary N) is 2. The van der Waals surface area contributed by atoms with Crippen molar-refractivity contribution in [3.8, 4) is 17.1 Å². The summed E-state index contributed by atoms with van der Waals surface area (Å²) >= 11 is 7.77. The molecule has 2 aromatic carbocycles. The van der Waals surface area contributed by atoms with E-state index < -0.39 is 17.5 Å². The van der Waals surface area contributed by atoms with E-state index in [9.17, 15) is 18.0 Å². The van der Waals surface area contributed by atoms with Gasteiger partial charge in [-0.3, -0.25) is 9.51 Å². The Morgan fingerprint density at radius 1 is 1.11 bits per heavy atom. The van der Waals surface area contributed by atoms with Crippen LogP contribution in [-0.2, 0) is 15.7 Å². The average molecular weight is 558 g/mol. The molecule has 2 N–H and O–H groups in total. The van der Waals surface area contributed by atoms with Crippen molar-refractivity contribution in [2.45, 2.75) is 18.5 Å². The monoisotopic (exact) mass is 557 g/mol. The van der Waals surface area contributed by atoms with Crippen LogP contribution in [0.15, 0.2) is 62.4 Å². The summed E-state index contributed by atoms with van der Waals surface area (Å²) < 4.78 is 60.3. The van der Waals surface area contributed by atoms with Crippen molar-refractivity contribution < 1.29 is 31.9 Å². The van der Waals surface area contributed by atoms with E-state index >= 15 is 0 Å². The summed E-state index contributed by atoms with van der Waals surface area (Å²) in [5.41, 5.74) is 1.23. The number of rotatable bonds is 11. The summed E-state index contributed by atoms with van der Waals surface area (Å²) in [7, 11) is 0. The predicted octanol–water partition coefficient (Wildman–Crippen LogP) is 5.38. The van der Waals surface area contributed by atoms with Gasteiger partial charge < -0.3 is 19.5 Å². The first kappa shape index (κ1) is 27.1. The second kappa shape index (κ2) is 12.1. The summed E-state index contributed by atoms with van der Waals surface area (Å²) in [6.45, 7) is 3.76. The molecule has 4 rings (SSSR count). The van der Waals surface area contributed by atoms with Crippen LogP contribution >= 0.6 is 23.4 Å². The van der Waals surface area contributed by atoms with Crippen LogP contribution in [0, 0.1) is 0 Å². The highest BCUT2D eigenvalue weighted by molar-refractivity contribution is 8.03. The lowest BCUT2D eigenvalue weighted by Gasteiger charge is -2.14. The SMILES string of the molecule is CCOCCOCC1=C(COc2ccc(-c3noc(=O)[nH]3)c(Cl)c2)SC(c2ccc(C(F)(F)F)cc2)N1. The van der Waals surface area contributed by atoms with Crippen LogP contribution < -0.4 is 15.8 Å². The zero-order valence-electron chi connectivity index (χ0n) is 19.6. The fourth-order valence-electron chi connectivity index (χ4n) is 3.43. The topological polar surface area (TPSA) is 98.6 Å². The molecule has 13 heteroatoms. The Hall–Kier alpha value is -2.93. The van der Waals surface area contributed by atoms with Gasteiger partial charge in [0.1, 0.15) is 17.7 Å². The minimum atomic E-state index is -4.40. The van der Waals surface area contributed by atoms with Gasteiger partial charge in [-0.2, -0.15) is 13.2 Å². The lowest BCUT2D eigenvalue weighted by atomic mass is 10.1. The highest BCUT2D eigenvalue weighted by Crippen LogP contribution is 2.41. The third-order valence-corrected chi connectivity index (χ3v) is 6.86. The Balaban J connectivity index is 1.44. The molecule has 8 nitrogen and oxygen atoms in total. The van der Waals surface area contributed by atoms with Gasteiger partial charge in [0.05, 0.1) is 36.1 Å². The van der Waals surface area contributed by atoms with E-state index in [0.717, 1.165) is 22.7 Å². The number of hydrogen-bond acceptors (Lipinski definition) is 8. The summed E-state index contributed by atoms with van der Waals surface area (Å²) in [5, 5.41) is 6.95. The lowest BCUT2D eigenvalue weighted by Crippen LogP contribution is -2.18. The van der Waals surface area contributed by atoms with Crippen molar-refractivity contribution in [1.82, 2.24) is 15.5 Å². The molecule has 1 aliphatic heterocycles. The first-order valence-corrected chi connectivity index (χ1v) is 12.5. The van der Waals surface area contributed by atoms with Crippen molar-refractivity contribution in [3.05, 3.63) is 79.8 Å². The van der Waals surface area contributed by atoms with Gasteiger partial charge in [0.2, 0.25) is 0 Å². The van der Waals surface area contributed by atoms with E-state index in [4.69, 9.17) is 25.8 Å². The smallest absolute Gasteiger partial charge is 0.439 e. The summed E-state index contributed by atoms with van der Waals surface area (Å²) in [5.74, 6) is -0.0179. The Morgan fingerprint density at radius 3 is 2.51 bits per heavy atom. The van der Waals surface area contributed by atoms with Crippen LogP contribution in [0.3, 0.4) is 0 Å². The van der Waals surface area contributed by atoms with E-state index in [-0.39, 0.29) is 24.4 Å². The normalized spacial score (nSPS) is 15.8. The van der Waals surface area contributed by atoms with Crippen LogP contribution in [0.2, 0.25) is 5.02 Å². The number of alkyl halides is 3. The standard InChI is InChI=1S/C24H23ClF3N3O5S/c1-2-33-9-10-34-12-19-20(37-22(29-19)14-3-5-15(6-4-14)24(26,27)28)13-35-16-7-8-17(18(25)11-16)21-30-23(32)36-31-21/h3-8,11,22,29H,2,9-10,12-13H2,1H3,(H,30,31,32). The molecule has 0 fully saturated rings. The fourth-order valence-corrected chi connectivity index (χ4v) is 4.86. The number of H-pyrrole nitrogens is 1. The van der Waals surface area contributed by atoms with Crippen LogP contribution in [0.5, 0.6) is 5.75 Å². The van der Waals surface area contributed by atoms with Gasteiger partial charge in [-0.1, -0.05) is 40.7 Å². The minimum Gasteiger partial charge on any atom is -0.488 e. The number of halogens is 4. The van der Waals surface area contributed by atoms with E-state index in [1.165, 1.54) is 23.9 Å². The predicted molar refractivity (Wildman–Crippen MR) is 132 cm³/mol. The average Bonchev–Trinajstić information content (AvgIpc) is 3.48. The molecule has 0 spiro atoms. The Kier molecular flexibility index (Phi) is 8.85. The largest absolute Gasteiger partial charge is 0.488 e. The third kappa shape index (κ3) is 7.10. The number of aromatic nitrogens is 2. The van der Waals surface area contributed by atoms with Gasteiger partial charge in [0, 0.05) is 17.1 Å². The van der Waals surface area contributed by atoms with Crippen molar-refractivity contribution in [1.29, 1.82) is 0 Å². The number of aromatic amines is 1. The van der Waals surface area contributed by atoms with Crippen molar-refractivity contribution in [2.24, 2.45) is 0 Å². The van der Waals surface area contributed by atoms with Gasteiger partial charge in [-0.15, -0.1) is 0 Å². The van der Waals surface area contributed by atoms with E-state index in [0.29, 0.717) is 41.7 Å². The van der Waals surface area contributed by atoms with Crippen LogP contribution in [0.25, 0.3) is 11.4 Å². The number of ether oxygens (including phenoxy) is 3. The van der Waals surface area contributed by atoms with Gasteiger partial charge in [0.15, 0.2) is 5.82 Å². The van der Waals surface area contributed by atoms with Crippen molar-refractivity contribution in [2.75, 3.05) is 33.0 Å². The maximum Gasteiger partial charge on any atom is 0.439 e. The van der Waals surface area contributed by atoms with E-state index in [1.54, 1.807) is 18.2 Å². The molecule has 1 atom stereocenters. The molecule has 0 bridgehead atoms. The molecule has 1 unspecified atom stereocenters. The summed E-state index contributed by atoms with van der Waals surface area (Å²) in [4.78, 5) is 14.5. The Morgan fingerprint density at radius 2 is 1.86 bits per heavy atom. The van der Waals surface area contributed by atoms with Gasteiger partial charge in [-0.05, 0) is 42.8 Å². The first-order valence-electron chi connectivity index (χ1n) is 11.2. The molecule has 1 aromatic heterocycles. The number of hydrogen-bond donors (Lipinski definition) is 2. The highest BCUT2D eigenvalue weighted by atomic mass is 35.5. The molecule has 198 valence electrons. The van der Waals surface area contributed by atoms with Crippen LogP contribution in [0.4, 0.5) is 13.2 Å². The molecular formula is C24H23ClF3N3O5S. The second-order valence-electron chi connectivity index (χ2n) is 7.79. The zero-order chi connectivity index (χ0) is 26.4. The maximum atomic E-state index is 13.0. The summed E-state index contributed by atoms with van der Waals surface area (Å²) in [6, 6.07) is 9.94. The molecule has 0 saturated heterocycles. The molecule has 1 aliphatic rings. The van der Waals surface area contributed by atoms with Gasteiger partial charge in [-0.25, -0.2) is 4.79 Å². The first-order chi connectivity index (χ1) is 17.7. The van der Waals surface area contributed by atoms with Crippen LogP contribution in [-0.4, -0.2) is 43.2 Å². The van der Waals surface area contributed by atoms with E-state index in [2.05, 4.69) is 20.0 Å². The number of benzene rings is 2. The quantitative estimate of drug-likeness (QED) is 0.303. The zero-order valence-corrected chi connectivity index (χ0v) is 21.1.